The Morgan fingerprint density at radius 3 is 2.33 bits per heavy atom. The molecule has 90 valence electrons. The van der Waals surface area contributed by atoms with Gasteiger partial charge in [0.05, 0.1) is 6.54 Å². The minimum atomic E-state index is -2.98. The summed E-state index contributed by atoms with van der Waals surface area (Å²) < 4.78 is 25.5. The van der Waals surface area contributed by atoms with E-state index in [9.17, 15) is 8.78 Å². The SMILES string of the molecule is CC1(C)CCC(NCC(F)(F)CO)CC1. The van der Waals surface area contributed by atoms with Gasteiger partial charge in [-0.05, 0) is 31.1 Å². The monoisotopic (exact) mass is 221 g/mol. The van der Waals surface area contributed by atoms with E-state index in [2.05, 4.69) is 19.2 Å². The molecule has 0 spiro atoms. The smallest absolute Gasteiger partial charge is 0.282 e. The summed E-state index contributed by atoms with van der Waals surface area (Å²) >= 11 is 0. The van der Waals surface area contributed by atoms with Crippen molar-refractivity contribution >= 4 is 0 Å². The van der Waals surface area contributed by atoms with Crippen LogP contribution in [0.2, 0.25) is 0 Å². The maximum Gasteiger partial charge on any atom is 0.282 e. The molecule has 0 aromatic rings. The topological polar surface area (TPSA) is 32.3 Å². The first kappa shape index (κ1) is 12.8. The summed E-state index contributed by atoms with van der Waals surface area (Å²) in [4.78, 5) is 0. The van der Waals surface area contributed by atoms with Gasteiger partial charge in [-0.2, -0.15) is 0 Å². The van der Waals surface area contributed by atoms with Gasteiger partial charge in [-0.15, -0.1) is 0 Å². The zero-order valence-corrected chi connectivity index (χ0v) is 9.52. The van der Waals surface area contributed by atoms with E-state index < -0.39 is 19.1 Å². The molecule has 0 heterocycles. The van der Waals surface area contributed by atoms with E-state index in [0.29, 0.717) is 5.41 Å². The number of aliphatic hydroxyl groups is 1. The average molecular weight is 221 g/mol. The summed E-state index contributed by atoms with van der Waals surface area (Å²) in [6, 6.07) is 0.190. The normalized spacial score (nSPS) is 23.0. The number of alkyl halides is 2. The predicted octanol–water partition coefficient (Wildman–Crippen LogP) is 2.17. The largest absolute Gasteiger partial charge is 0.390 e. The van der Waals surface area contributed by atoms with Gasteiger partial charge in [0.15, 0.2) is 0 Å². The summed E-state index contributed by atoms with van der Waals surface area (Å²) in [5.41, 5.74) is 0.359. The molecular weight excluding hydrogens is 200 g/mol. The average Bonchev–Trinajstić information content (AvgIpc) is 2.16. The van der Waals surface area contributed by atoms with Crippen molar-refractivity contribution in [3.05, 3.63) is 0 Å². The number of hydrogen-bond donors (Lipinski definition) is 2. The number of hydrogen-bond acceptors (Lipinski definition) is 2. The van der Waals surface area contributed by atoms with Gasteiger partial charge in [0, 0.05) is 6.04 Å². The standard InChI is InChI=1S/C11H21F2NO/c1-10(2)5-3-9(4-6-10)14-7-11(12,13)8-15/h9,14-15H,3-8H2,1-2H3. The fourth-order valence-corrected chi connectivity index (χ4v) is 1.95. The zero-order chi connectivity index (χ0) is 11.5. The summed E-state index contributed by atoms with van der Waals surface area (Å²) in [5.74, 6) is -2.98. The van der Waals surface area contributed by atoms with Crippen LogP contribution in [0.5, 0.6) is 0 Å². The minimum Gasteiger partial charge on any atom is -0.390 e. The number of halogens is 2. The number of aliphatic hydroxyl groups excluding tert-OH is 1. The molecule has 1 aliphatic carbocycles. The summed E-state index contributed by atoms with van der Waals surface area (Å²) in [5, 5.41) is 11.3. The molecule has 1 saturated carbocycles. The first-order valence-corrected chi connectivity index (χ1v) is 5.57. The van der Waals surface area contributed by atoms with Crippen molar-refractivity contribution in [2.45, 2.75) is 51.5 Å². The van der Waals surface area contributed by atoms with Gasteiger partial charge in [-0.3, -0.25) is 0 Å². The Hall–Kier alpha value is -0.220. The van der Waals surface area contributed by atoms with Gasteiger partial charge in [0.1, 0.15) is 6.61 Å². The molecule has 0 saturated heterocycles. The molecule has 4 heteroatoms. The van der Waals surface area contributed by atoms with E-state index in [-0.39, 0.29) is 6.04 Å². The van der Waals surface area contributed by atoms with Crippen LogP contribution >= 0.6 is 0 Å². The van der Waals surface area contributed by atoms with Gasteiger partial charge < -0.3 is 10.4 Å². The van der Waals surface area contributed by atoms with Gasteiger partial charge in [-0.25, -0.2) is 8.78 Å². The molecule has 2 N–H and O–H groups in total. The second kappa shape index (κ2) is 4.74. The van der Waals surface area contributed by atoms with Crippen molar-refractivity contribution in [3.8, 4) is 0 Å². The van der Waals surface area contributed by atoms with E-state index in [1.54, 1.807) is 0 Å². The Balaban J connectivity index is 2.25. The Bertz CT molecular complexity index is 197. The van der Waals surface area contributed by atoms with E-state index in [4.69, 9.17) is 5.11 Å². The van der Waals surface area contributed by atoms with Gasteiger partial charge in [0.25, 0.3) is 5.92 Å². The number of nitrogens with one attached hydrogen (secondary N) is 1. The van der Waals surface area contributed by atoms with E-state index >= 15 is 0 Å². The third kappa shape index (κ3) is 4.43. The van der Waals surface area contributed by atoms with Crippen molar-refractivity contribution in [3.63, 3.8) is 0 Å². The van der Waals surface area contributed by atoms with E-state index in [1.165, 1.54) is 0 Å². The van der Waals surface area contributed by atoms with Crippen molar-refractivity contribution < 1.29 is 13.9 Å². The molecule has 0 unspecified atom stereocenters. The molecule has 0 aromatic heterocycles. The molecule has 0 amide bonds. The molecule has 0 radical (unpaired) electrons. The van der Waals surface area contributed by atoms with Crippen molar-refractivity contribution in [2.75, 3.05) is 13.2 Å². The minimum absolute atomic E-state index is 0.190. The molecule has 2 nitrogen and oxygen atoms in total. The highest BCUT2D eigenvalue weighted by atomic mass is 19.3. The molecule has 0 bridgehead atoms. The van der Waals surface area contributed by atoms with Crippen molar-refractivity contribution in [2.24, 2.45) is 5.41 Å². The molecule has 1 rings (SSSR count). The maximum absolute atomic E-state index is 12.7. The second-order valence-corrected chi connectivity index (χ2v) is 5.33. The number of rotatable bonds is 4. The van der Waals surface area contributed by atoms with Crippen LogP contribution in [0, 0.1) is 5.41 Å². The van der Waals surface area contributed by atoms with Gasteiger partial charge >= 0.3 is 0 Å². The van der Waals surface area contributed by atoms with Crippen LogP contribution in [-0.4, -0.2) is 30.2 Å². The molecular formula is C11H21F2NO. The maximum atomic E-state index is 12.7. The third-order valence-electron chi connectivity index (χ3n) is 3.22. The molecule has 1 aliphatic rings. The fourth-order valence-electron chi connectivity index (χ4n) is 1.95. The van der Waals surface area contributed by atoms with Crippen LogP contribution in [-0.2, 0) is 0 Å². The predicted molar refractivity (Wildman–Crippen MR) is 56.1 cm³/mol. The van der Waals surface area contributed by atoms with E-state index in [0.717, 1.165) is 25.7 Å². The van der Waals surface area contributed by atoms with Crippen LogP contribution in [0.4, 0.5) is 8.78 Å². The molecule has 0 aromatic carbocycles. The first-order valence-electron chi connectivity index (χ1n) is 5.57. The fraction of sp³-hybridized carbons (Fsp3) is 1.00. The van der Waals surface area contributed by atoms with Gasteiger partial charge in [0.2, 0.25) is 0 Å². The Morgan fingerprint density at radius 1 is 1.33 bits per heavy atom. The van der Waals surface area contributed by atoms with E-state index in [1.807, 2.05) is 0 Å². The second-order valence-electron chi connectivity index (χ2n) is 5.33. The lowest BCUT2D eigenvalue weighted by Gasteiger charge is -2.35. The first-order chi connectivity index (χ1) is 6.85. The summed E-state index contributed by atoms with van der Waals surface area (Å²) in [7, 11) is 0. The van der Waals surface area contributed by atoms with Crippen LogP contribution in [0.1, 0.15) is 39.5 Å². The quantitative estimate of drug-likeness (QED) is 0.762. The highest BCUT2D eigenvalue weighted by Gasteiger charge is 2.31. The van der Waals surface area contributed by atoms with Crippen LogP contribution in [0.25, 0.3) is 0 Å². The Kier molecular flexibility index (Phi) is 4.06. The zero-order valence-electron chi connectivity index (χ0n) is 9.52. The Morgan fingerprint density at radius 2 is 1.87 bits per heavy atom. The highest BCUT2D eigenvalue weighted by Crippen LogP contribution is 2.35. The van der Waals surface area contributed by atoms with Crippen molar-refractivity contribution in [1.29, 1.82) is 0 Å². The lowest BCUT2D eigenvalue weighted by atomic mass is 9.75. The molecule has 15 heavy (non-hydrogen) atoms. The van der Waals surface area contributed by atoms with Crippen molar-refractivity contribution in [1.82, 2.24) is 5.32 Å². The van der Waals surface area contributed by atoms with Crippen LogP contribution in [0.15, 0.2) is 0 Å². The lowest BCUT2D eigenvalue weighted by molar-refractivity contribution is -0.0505. The molecule has 0 atom stereocenters. The molecule has 1 fully saturated rings. The third-order valence-corrected chi connectivity index (χ3v) is 3.22. The summed E-state index contributed by atoms with van der Waals surface area (Å²) in [6.45, 7) is 2.95. The lowest BCUT2D eigenvalue weighted by Crippen LogP contribution is -2.43. The summed E-state index contributed by atoms with van der Waals surface area (Å²) in [6.07, 6.45) is 4.06. The Labute approximate surface area is 90.1 Å². The molecule has 0 aliphatic heterocycles. The van der Waals surface area contributed by atoms with Gasteiger partial charge in [-0.1, -0.05) is 13.8 Å². The highest BCUT2D eigenvalue weighted by molar-refractivity contribution is 4.83. The van der Waals surface area contributed by atoms with Crippen LogP contribution in [0.3, 0.4) is 0 Å². The van der Waals surface area contributed by atoms with Crippen LogP contribution < -0.4 is 5.32 Å².